The van der Waals surface area contributed by atoms with Gasteiger partial charge >= 0.3 is 0 Å². The minimum Gasteiger partial charge on any atom is -0.378 e. The molecule has 0 atom stereocenters. The Morgan fingerprint density at radius 1 is 1.07 bits per heavy atom. The topological polar surface area (TPSA) is 9.23 Å². The fourth-order valence-corrected chi connectivity index (χ4v) is 2.02. The molecule has 1 nitrogen and oxygen atoms in total. The van der Waals surface area contributed by atoms with Crippen molar-refractivity contribution in [2.75, 3.05) is 6.61 Å². The van der Waals surface area contributed by atoms with Crippen LogP contribution in [0.25, 0.3) is 0 Å². The molecule has 0 aromatic rings. The largest absolute Gasteiger partial charge is 0.378 e. The van der Waals surface area contributed by atoms with Gasteiger partial charge in [0.2, 0.25) is 0 Å². The molecule has 0 bridgehead atoms. The summed E-state index contributed by atoms with van der Waals surface area (Å²) in [7, 11) is 0. The lowest BCUT2D eigenvalue weighted by Crippen LogP contribution is -2.17. The van der Waals surface area contributed by atoms with E-state index < -0.39 is 0 Å². The average molecular weight is 197 g/mol. The second-order valence-corrected chi connectivity index (χ2v) is 4.35. The Labute approximate surface area is 89.2 Å². The van der Waals surface area contributed by atoms with E-state index in [2.05, 4.69) is 13.3 Å². The Bertz CT molecular complexity index is 116. The van der Waals surface area contributed by atoms with Crippen LogP contribution in [0.2, 0.25) is 0 Å². The number of ether oxygens (including phenoxy) is 1. The molecule has 0 aromatic heterocycles. The minimum atomic E-state index is 0.575. The van der Waals surface area contributed by atoms with E-state index in [0.29, 0.717) is 6.10 Å². The van der Waals surface area contributed by atoms with Gasteiger partial charge in [-0.1, -0.05) is 32.6 Å². The molecule has 0 heterocycles. The van der Waals surface area contributed by atoms with E-state index in [1.807, 2.05) is 0 Å². The average Bonchev–Trinajstić information content (AvgIpc) is 2.25. The molecule has 14 heavy (non-hydrogen) atoms. The molecular weight excluding hydrogens is 172 g/mol. The van der Waals surface area contributed by atoms with Crippen LogP contribution in [0.5, 0.6) is 0 Å². The molecule has 0 aliphatic heterocycles. The number of unbranched alkanes of at least 4 members (excludes halogenated alkanes) is 4. The lowest BCUT2D eigenvalue weighted by molar-refractivity contribution is 0.0326. The van der Waals surface area contributed by atoms with Crippen LogP contribution in [-0.2, 0) is 4.74 Å². The molecule has 0 spiro atoms. The van der Waals surface area contributed by atoms with Crippen molar-refractivity contribution in [2.24, 2.45) is 0 Å². The zero-order valence-corrected chi connectivity index (χ0v) is 9.63. The predicted molar refractivity (Wildman–Crippen MR) is 61.3 cm³/mol. The first-order valence-electron chi connectivity index (χ1n) is 6.36. The maximum absolute atomic E-state index is 5.84. The third-order valence-corrected chi connectivity index (χ3v) is 2.99. The summed E-state index contributed by atoms with van der Waals surface area (Å²) in [5.74, 6) is 0. The minimum absolute atomic E-state index is 0.575. The van der Waals surface area contributed by atoms with E-state index in [9.17, 15) is 0 Å². The Morgan fingerprint density at radius 2 is 1.79 bits per heavy atom. The van der Waals surface area contributed by atoms with Crippen molar-refractivity contribution >= 4 is 0 Å². The highest BCUT2D eigenvalue weighted by molar-refractivity contribution is 4.76. The summed E-state index contributed by atoms with van der Waals surface area (Å²) < 4.78 is 5.84. The monoisotopic (exact) mass is 197 g/mol. The smallest absolute Gasteiger partial charge is 0.0575 e. The lowest BCUT2D eigenvalue weighted by atomic mass is 9.98. The van der Waals surface area contributed by atoms with Crippen molar-refractivity contribution in [3.63, 3.8) is 0 Å². The summed E-state index contributed by atoms with van der Waals surface area (Å²) >= 11 is 0. The van der Waals surface area contributed by atoms with Gasteiger partial charge < -0.3 is 4.74 Å². The van der Waals surface area contributed by atoms with Crippen LogP contribution in [-0.4, -0.2) is 12.7 Å². The quantitative estimate of drug-likeness (QED) is 0.558. The summed E-state index contributed by atoms with van der Waals surface area (Å²) in [5, 5.41) is 0. The fraction of sp³-hybridized carbons (Fsp3) is 0.923. The first-order chi connectivity index (χ1) is 6.93. The van der Waals surface area contributed by atoms with Gasteiger partial charge in [-0.3, -0.25) is 0 Å². The maximum Gasteiger partial charge on any atom is 0.0575 e. The maximum atomic E-state index is 5.84. The van der Waals surface area contributed by atoms with Gasteiger partial charge in [0.1, 0.15) is 0 Å². The first-order valence-corrected chi connectivity index (χ1v) is 6.36. The second-order valence-electron chi connectivity index (χ2n) is 4.35. The Morgan fingerprint density at radius 3 is 2.50 bits per heavy atom. The van der Waals surface area contributed by atoms with E-state index in [0.717, 1.165) is 6.61 Å². The Hall–Kier alpha value is -0.0400. The van der Waals surface area contributed by atoms with Gasteiger partial charge in [0.05, 0.1) is 6.10 Å². The highest BCUT2D eigenvalue weighted by atomic mass is 16.5. The SMILES string of the molecule is CCCCCCCOC1CC[CH]CC1. The van der Waals surface area contributed by atoms with Gasteiger partial charge in [-0.15, -0.1) is 0 Å². The lowest BCUT2D eigenvalue weighted by Gasteiger charge is -2.21. The van der Waals surface area contributed by atoms with Gasteiger partial charge in [0.15, 0.2) is 0 Å². The molecule has 0 unspecified atom stereocenters. The van der Waals surface area contributed by atoms with Crippen molar-refractivity contribution in [1.82, 2.24) is 0 Å². The van der Waals surface area contributed by atoms with E-state index in [4.69, 9.17) is 4.74 Å². The van der Waals surface area contributed by atoms with Crippen LogP contribution >= 0.6 is 0 Å². The summed E-state index contributed by atoms with van der Waals surface area (Å²) in [4.78, 5) is 0. The first kappa shape index (κ1) is 12.0. The van der Waals surface area contributed by atoms with Crippen LogP contribution in [0, 0.1) is 6.42 Å². The van der Waals surface area contributed by atoms with E-state index >= 15 is 0 Å². The van der Waals surface area contributed by atoms with Gasteiger partial charge in [0.25, 0.3) is 0 Å². The molecule has 1 saturated carbocycles. The highest BCUT2D eigenvalue weighted by Gasteiger charge is 2.12. The number of rotatable bonds is 7. The third kappa shape index (κ3) is 5.64. The van der Waals surface area contributed by atoms with Crippen molar-refractivity contribution in [3.8, 4) is 0 Å². The second kappa shape index (κ2) is 8.28. The third-order valence-electron chi connectivity index (χ3n) is 2.99. The standard InChI is InChI=1S/C13H25O/c1-2-3-4-5-9-12-14-13-10-7-6-8-11-13/h6,13H,2-5,7-12H2,1H3. The number of hydrogen-bond donors (Lipinski definition) is 0. The Balaban J connectivity index is 1.82. The molecule has 0 aromatic carbocycles. The summed E-state index contributed by atoms with van der Waals surface area (Å²) in [5.41, 5.74) is 0. The molecule has 1 fully saturated rings. The normalized spacial score (nSPS) is 18.6. The van der Waals surface area contributed by atoms with Gasteiger partial charge in [-0.05, 0) is 38.5 Å². The van der Waals surface area contributed by atoms with E-state index in [1.54, 1.807) is 0 Å². The predicted octanol–water partition coefficient (Wildman–Crippen LogP) is 4.12. The molecule has 0 N–H and O–H groups in total. The molecular formula is C13H25O. The molecule has 1 heteroatoms. The van der Waals surface area contributed by atoms with Crippen LogP contribution in [0.1, 0.15) is 64.7 Å². The van der Waals surface area contributed by atoms with Crippen LogP contribution in [0.15, 0.2) is 0 Å². The van der Waals surface area contributed by atoms with E-state index in [-0.39, 0.29) is 0 Å². The van der Waals surface area contributed by atoms with Gasteiger partial charge in [0, 0.05) is 6.61 Å². The summed E-state index contributed by atoms with van der Waals surface area (Å²) in [6.45, 7) is 3.25. The molecule has 1 aliphatic rings. The van der Waals surface area contributed by atoms with Crippen molar-refractivity contribution < 1.29 is 4.74 Å². The van der Waals surface area contributed by atoms with Crippen molar-refractivity contribution in [3.05, 3.63) is 6.42 Å². The van der Waals surface area contributed by atoms with Crippen LogP contribution < -0.4 is 0 Å². The molecule has 1 radical (unpaired) electrons. The highest BCUT2D eigenvalue weighted by Crippen LogP contribution is 2.19. The van der Waals surface area contributed by atoms with E-state index in [1.165, 1.54) is 57.8 Å². The van der Waals surface area contributed by atoms with Crippen LogP contribution in [0.4, 0.5) is 0 Å². The molecule has 0 amide bonds. The van der Waals surface area contributed by atoms with Gasteiger partial charge in [-0.2, -0.15) is 0 Å². The zero-order valence-electron chi connectivity index (χ0n) is 9.63. The van der Waals surface area contributed by atoms with Crippen molar-refractivity contribution in [2.45, 2.75) is 70.8 Å². The molecule has 1 aliphatic carbocycles. The number of hydrogen-bond acceptors (Lipinski definition) is 1. The summed E-state index contributed by atoms with van der Waals surface area (Å²) in [6.07, 6.45) is 14.7. The summed E-state index contributed by atoms with van der Waals surface area (Å²) in [6, 6.07) is 0. The zero-order chi connectivity index (χ0) is 10.1. The Kier molecular flexibility index (Phi) is 7.12. The molecule has 83 valence electrons. The molecule has 1 rings (SSSR count). The van der Waals surface area contributed by atoms with Crippen LogP contribution in [0.3, 0.4) is 0 Å². The van der Waals surface area contributed by atoms with Crippen molar-refractivity contribution in [1.29, 1.82) is 0 Å². The molecule has 0 saturated heterocycles. The van der Waals surface area contributed by atoms with Gasteiger partial charge in [-0.25, -0.2) is 0 Å². The fourth-order valence-electron chi connectivity index (χ4n) is 2.02.